The molecule has 2 aromatic rings. The highest BCUT2D eigenvalue weighted by Crippen LogP contribution is 2.28. The quantitative estimate of drug-likeness (QED) is 0.889. The molecule has 0 saturated carbocycles. The number of rotatable bonds is 6. The molecular weight excluding hydrogens is 297 g/mol. The predicted octanol–water partition coefficient (Wildman–Crippen LogP) is 2.32. The van der Waals surface area contributed by atoms with E-state index in [2.05, 4.69) is 5.32 Å². The van der Waals surface area contributed by atoms with Crippen LogP contribution < -0.4 is 10.4 Å². The molecule has 0 aliphatic heterocycles. The van der Waals surface area contributed by atoms with E-state index in [4.69, 9.17) is 0 Å². The van der Waals surface area contributed by atoms with E-state index < -0.39 is 23.6 Å². The average molecular weight is 314 g/mol. The highest BCUT2D eigenvalue weighted by molar-refractivity contribution is 5.94. The normalized spacial score (nSPS) is 13.1. The van der Waals surface area contributed by atoms with Gasteiger partial charge in [-0.3, -0.25) is 4.79 Å². The number of hydrogen-bond acceptors (Lipinski definition) is 3. The van der Waals surface area contributed by atoms with Crippen LogP contribution in [0.3, 0.4) is 0 Å². The molecule has 0 saturated heterocycles. The first-order valence-electron chi connectivity index (χ1n) is 7.28. The maximum atomic E-state index is 12.9. The van der Waals surface area contributed by atoms with Crippen molar-refractivity contribution < 1.29 is 19.1 Å². The standard InChI is InChI=1S/C18H18FNO3/c1-12(13-5-3-2-4-6-13)16(11-17(21)22)18(23)20-15-9-7-14(19)8-10-15/h2-10,12,16H,11H2,1H3,(H,20,23)(H,21,22)/p-1/t12-,16-/m0/s1. The van der Waals surface area contributed by atoms with E-state index in [1.807, 2.05) is 30.3 Å². The predicted molar refractivity (Wildman–Crippen MR) is 83.0 cm³/mol. The maximum absolute atomic E-state index is 12.9. The first-order valence-corrected chi connectivity index (χ1v) is 7.28. The van der Waals surface area contributed by atoms with Crippen molar-refractivity contribution >= 4 is 17.6 Å². The van der Waals surface area contributed by atoms with E-state index in [9.17, 15) is 19.1 Å². The summed E-state index contributed by atoms with van der Waals surface area (Å²) in [6.07, 6.45) is -0.386. The molecule has 0 radical (unpaired) electrons. The van der Waals surface area contributed by atoms with E-state index >= 15 is 0 Å². The molecule has 0 aliphatic carbocycles. The molecule has 0 heterocycles. The van der Waals surface area contributed by atoms with Gasteiger partial charge in [0.25, 0.3) is 0 Å². The number of carboxylic acid groups (broad SMARTS) is 1. The zero-order valence-corrected chi connectivity index (χ0v) is 12.7. The molecular formula is C18H17FNO3-. The number of aliphatic carboxylic acids is 1. The van der Waals surface area contributed by atoms with E-state index in [0.29, 0.717) is 5.69 Å². The van der Waals surface area contributed by atoms with Gasteiger partial charge in [0.2, 0.25) is 5.91 Å². The Labute approximate surface area is 134 Å². The van der Waals surface area contributed by atoms with Gasteiger partial charge >= 0.3 is 0 Å². The summed E-state index contributed by atoms with van der Waals surface area (Å²) in [5.41, 5.74) is 1.29. The van der Waals surface area contributed by atoms with Gasteiger partial charge in [0.15, 0.2) is 0 Å². The first-order chi connectivity index (χ1) is 11.0. The zero-order valence-electron chi connectivity index (χ0n) is 12.7. The topological polar surface area (TPSA) is 69.2 Å². The third-order valence-corrected chi connectivity index (χ3v) is 3.76. The van der Waals surface area contributed by atoms with Crippen LogP contribution in [0.5, 0.6) is 0 Å². The third-order valence-electron chi connectivity index (χ3n) is 3.76. The molecule has 0 spiro atoms. The number of anilines is 1. The van der Waals surface area contributed by atoms with Gasteiger partial charge in [-0.15, -0.1) is 0 Å². The molecule has 1 amide bonds. The Balaban J connectivity index is 2.18. The highest BCUT2D eigenvalue weighted by atomic mass is 19.1. The minimum absolute atomic E-state index is 0.297. The van der Waals surface area contributed by atoms with Crippen LogP contribution in [0, 0.1) is 11.7 Å². The molecule has 1 N–H and O–H groups in total. The average Bonchev–Trinajstić information content (AvgIpc) is 2.54. The van der Waals surface area contributed by atoms with Crippen LogP contribution in [0.2, 0.25) is 0 Å². The molecule has 120 valence electrons. The smallest absolute Gasteiger partial charge is 0.228 e. The summed E-state index contributed by atoms with van der Waals surface area (Å²) in [5, 5.41) is 13.6. The summed E-state index contributed by atoms with van der Waals surface area (Å²) in [7, 11) is 0. The number of hydrogen-bond donors (Lipinski definition) is 1. The van der Waals surface area contributed by atoms with Crippen molar-refractivity contribution in [2.75, 3.05) is 5.32 Å². The number of amides is 1. The molecule has 0 fully saturated rings. The minimum atomic E-state index is -1.29. The van der Waals surface area contributed by atoms with E-state index in [1.54, 1.807) is 6.92 Å². The number of halogens is 1. The summed E-state index contributed by atoms with van der Waals surface area (Å²) >= 11 is 0. The molecule has 0 aliphatic rings. The summed E-state index contributed by atoms with van der Waals surface area (Å²) in [6.45, 7) is 1.80. The van der Waals surface area contributed by atoms with Crippen molar-refractivity contribution in [3.05, 3.63) is 66.0 Å². The van der Waals surface area contributed by atoms with Gasteiger partial charge < -0.3 is 15.2 Å². The molecule has 2 atom stereocenters. The van der Waals surface area contributed by atoms with Crippen LogP contribution in [0.1, 0.15) is 24.8 Å². The van der Waals surface area contributed by atoms with Crippen LogP contribution in [0.25, 0.3) is 0 Å². The van der Waals surface area contributed by atoms with Crippen LogP contribution in [-0.4, -0.2) is 11.9 Å². The van der Waals surface area contributed by atoms with E-state index in [-0.39, 0.29) is 12.3 Å². The minimum Gasteiger partial charge on any atom is -0.550 e. The van der Waals surface area contributed by atoms with Crippen LogP contribution >= 0.6 is 0 Å². The van der Waals surface area contributed by atoms with Gasteiger partial charge in [-0.2, -0.15) is 0 Å². The molecule has 2 aromatic carbocycles. The molecule has 4 nitrogen and oxygen atoms in total. The number of nitrogens with one attached hydrogen (secondary N) is 1. The maximum Gasteiger partial charge on any atom is 0.228 e. The fourth-order valence-corrected chi connectivity index (χ4v) is 2.43. The summed E-state index contributed by atoms with van der Waals surface area (Å²) in [6, 6.07) is 14.5. The summed E-state index contributed by atoms with van der Waals surface area (Å²) in [4.78, 5) is 23.5. The van der Waals surface area contributed by atoms with Gasteiger partial charge in [0.1, 0.15) is 5.82 Å². The summed E-state index contributed by atoms with van der Waals surface area (Å²) in [5.74, 6) is -3.21. The van der Waals surface area contributed by atoms with Crippen LogP contribution in [0.4, 0.5) is 10.1 Å². The van der Waals surface area contributed by atoms with Crippen molar-refractivity contribution in [2.45, 2.75) is 19.3 Å². The van der Waals surface area contributed by atoms with Gasteiger partial charge in [0, 0.05) is 11.7 Å². The second kappa shape index (κ2) is 7.54. The molecule has 23 heavy (non-hydrogen) atoms. The molecule has 0 bridgehead atoms. The van der Waals surface area contributed by atoms with Gasteiger partial charge in [-0.05, 0) is 42.2 Å². The Hall–Kier alpha value is -2.69. The van der Waals surface area contributed by atoms with Crippen molar-refractivity contribution in [1.29, 1.82) is 0 Å². The Morgan fingerprint density at radius 1 is 1.09 bits per heavy atom. The fourth-order valence-electron chi connectivity index (χ4n) is 2.43. The van der Waals surface area contributed by atoms with Crippen molar-refractivity contribution in [3.63, 3.8) is 0 Å². The largest absolute Gasteiger partial charge is 0.550 e. The molecule has 0 unspecified atom stereocenters. The molecule has 2 rings (SSSR count). The SMILES string of the molecule is C[C@@H](c1ccccc1)[C@H](CC(=O)[O-])C(=O)Nc1ccc(F)cc1. The lowest BCUT2D eigenvalue weighted by Crippen LogP contribution is -2.34. The van der Waals surface area contributed by atoms with Crippen molar-refractivity contribution in [2.24, 2.45) is 5.92 Å². The second-order valence-electron chi connectivity index (χ2n) is 5.38. The molecule has 5 heteroatoms. The molecule has 0 aromatic heterocycles. The third kappa shape index (κ3) is 4.64. The number of carbonyl (C=O) groups excluding carboxylic acids is 2. The Morgan fingerprint density at radius 2 is 1.70 bits per heavy atom. The lowest BCUT2D eigenvalue weighted by atomic mass is 9.84. The second-order valence-corrected chi connectivity index (χ2v) is 5.38. The van der Waals surface area contributed by atoms with E-state index in [0.717, 1.165) is 5.56 Å². The Morgan fingerprint density at radius 3 is 2.26 bits per heavy atom. The van der Waals surface area contributed by atoms with Gasteiger partial charge in [-0.25, -0.2) is 4.39 Å². The van der Waals surface area contributed by atoms with Crippen LogP contribution in [-0.2, 0) is 9.59 Å². The van der Waals surface area contributed by atoms with Crippen molar-refractivity contribution in [1.82, 2.24) is 0 Å². The number of carbonyl (C=O) groups is 2. The first kappa shape index (κ1) is 16.7. The fraction of sp³-hybridized carbons (Fsp3) is 0.222. The zero-order chi connectivity index (χ0) is 16.8. The van der Waals surface area contributed by atoms with Crippen LogP contribution in [0.15, 0.2) is 54.6 Å². The van der Waals surface area contributed by atoms with Crippen molar-refractivity contribution in [3.8, 4) is 0 Å². The Bertz CT molecular complexity index is 670. The highest BCUT2D eigenvalue weighted by Gasteiger charge is 2.26. The number of carboxylic acids is 1. The van der Waals surface area contributed by atoms with E-state index in [1.165, 1.54) is 24.3 Å². The summed E-state index contributed by atoms with van der Waals surface area (Å²) < 4.78 is 12.9. The lowest BCUT2D eigenvalue weighted by molar-refractivity contribution is -0.306. The van der Waals surface area contributed by atoms with Gasteiger partial charge in [0.05, 0.1) is 5.92 Å². The number of benzene rings is 2. The monoisotopic (exact) mass is 314 g/mol. The lowest BCUT2D eigenvalue weighted by Gasteiger charge is -2.24. The Kier molecular flexibility index (Phi) is 5.46. The van der Waals surface area contributed by atoms with Gasteiger partial charge in [-0.1, -0.05) is 37.3 Å².